The largest absolute Gasteiger partial charge is 0.508 e. The van der Waals surface area contributed by atoms with Crippen molar-refractivity contribution in [2.45, 2.75) is 31.8 Å². The molecule has 0 saturated carbocycles. The molecule has 1 aliphatic rings. The van der Waals surface area contributed by atoms with Gasteiger partial charge in [0.05, 0.1) is 11.5 Å². The number of benzene rings is 1. The van der Waals surface area contributed by atoms with Crippen LogP contribution < -0.4 is 5.32 Å². The van der Waals surface area contributed by atoms with Crippen molar-refractivity contribution in [1.29, 1.82) is 0 Å². The van der Waals surface area contributed by atoms with Gasteiger partial charge in [-0.15, -0.1) is 0 Å². The average Bonchev–Trinajstić information content (AvgIpc) is 2.35. The number of hydrogen-bond donors (Lipinski definition) is 2. The van der Waals surface area contributed by atoms with Crippen molar-refractivity contribution in [3.63, 3.8) is 0 Å². The molecule has 1 unspecified atom stereocenters. The van der Waals surface area contributed by atoms with Crippen molar-refractivity contribution >= 4 is 9.84 Å². The Morgan fingerprint density at radius 3 is 2.63 bits per heavy atom. The van der Waals surface area contributed by atoms with E-state index in [1.54, 1.807) is 0 Å². The highest BCUT2D eigenvalue weighted by Gasteiger charge is 2.25. The second kappa shape index (κ2) is 5.46. The summed E-state index contributed by atoms with van der Waals surface area (Å²) in [4.78, 5) is 0. The highest BCUT2D eigenvalue weighted by Crippen LogP contribution is 2.26. The number of halogens is 1. The minimum absolute atomic E-state index is 0.0461. The van der Waals surface area contributed by atoms with Gasteiger partial charge < -0.3 is 10.4 Å². The Balaban J connectivity index is 2.01. The van der Waals surface area contributed by atoms with Crippen LogP contribution in [0.4, 0.5) is 4.39 Å². The quantitative estimate of drug-likeness (QED) is 0.889. The van der Waals surface area contributed by atoms with Crippen LogP contribution in [0.3, 0.4) is 0 Å². The highest BCUT2D eigenvalue weighted by atomic mass is 32.2. The Morgan fingerprint density at radius 1 is 1.37 bits per heavy atom. The van der Waals surface area contributed by atoms with Gasteiger partial charge in [-0.25, -0.2) is 12.8 Å². The van der Waals surface area contributed by atoms with E-state index in [0.717, 1.165) is 0 Å². The smallest absolute Gasteiger partial charge is 0.150 e. The van der Waals surface area contributed by atoms with E-state index in [1.165, 1.54) is 18.2 Å². The zero-order valence-electron chi connectivity index (χ0n) is 10.8. The summed E-state index contributed by atoms with van der Waals surface area (Å²) in [6, 6.07) is 3.70. The van der Waals surface area contributed by atoms with E-state index in [1.807, 2.05) is 6.92 Å². The molecule has 0 aliphatic carbocycles. The van der Waals surface area contributed by atoms with Gasteiger partial charge in [-0.2, -0.15) is 0 Å². The zero-order chi connectivity index (χ0) is 14.0. The van der Waals surface area contributed by atoms with Gasteiger partial charge in [-0.05, 0) is 38.0 Å². The molecule has 0 radical (unpaired) electrons. The summed E-state index contributed by atoms with van der Waals surface area (Å²) in [5, 5.41) is 13.0. The van der Waals surface area contributed by atoms with Gasteiger partial charge in [0.1, 0.15) is 21.4 Å². The van der Waals surface area contributed by atoms with Gasteiger partial charge in [0.2, 0.25) is 0 Å². The first-order valence-corrected chi connectivity index (χ1v) is 8.14. The maximum atomic E-state index is 13.2. The van der Waals surface area contributed by atoms with Crippen molar-refractivity contribution in [1.82, 2.24) is 5.32 Å². The number of aromatic hydroxyl groups is 1. The number of nitrogens with one attached hydrogen (secondary N) is 1. The maximum absolute atomic E-state index is 13.2. The van der Waals surface area contributed by atoms with Gasteiger partial charge in [-0.3, -0.25) is 0 Å². The molecule has 0 amide bonds. The molecule has 6 heteroatoms. The first kappa shape index (κ1) is 14.3. The molecule has 4 nitrogen and oxygen atoms in total. The SMILES string of the molecule is CC(NC1CCS(=O)(=O)CC1)c1cc(F)ccc1O. The lowest BCUT2D eigenvalue weighted by Crippen LogP contribution is -2.38. The van der Waals surface area contributed by atoms with E-state index in [9.17, 15) is 17.9 Å². The van der Waals surface area contributed by atoms with Crippen molar-refractivity contribution in [3.05, 3.63) is 29.6 Å². The first-order valence-electron chi connectivity index (χ1n) is 6.32. The minimum atomic E-state index is -2.88. The average molecular weight is 287 g/mol. The molecule has 1 aliphatic heterocycles. The molecular weight excluding hydrogens is 269 g/mol. The van der Waals surface area contributed by atoms with E-state index < -0.39 is 15.7 Å². The van der Waals surface area contributed by atoms with Crippen LogP contribution >= 0.6 is 0 Å². The molecule has 1 aromatic rings. The molecule has 0 bridgehead atoms. The summed E-state index contributed by atoms with van der Waals surface area (Å²) in [6.07, 6.45) is 1.12. The van der Waals surface area contributed by atoms with E-state index in [2.05, 4.69) is 5.32 Å². The number of sulfone groups is 1. The molecule has 1 heterocycles. The normalized spacial score (nSPS) is 21.2. The van der Waals surface area contributed by atoms with Gasteiger partial charge in [0.15, 0.2) is 0 Å². The molecular formula is C13H18FNO3S. The second-order valence-corrected chi connectivity index (χ2v) is 7.32. The summed E-state index contributed by atoms with van der Waals surface area (Å²) in [5.41, 5.74) is 0.494. The number of rotatable bonds is 3. The number of hydrogen-bond acceptors (Lipinski definition) is 4. The highest BCUT2D eigenvalue weighted by molar-refractivity contribution is 7.91. The Labute approximate surface area is 112 Å². The van der Waals surface area contributed by atoms with Crippen LogP contribution in [0, 0.1) is 5.82 Å². The fourth-order valence-corrected chi connectivity index (χ4v) is 3.86. The summed E-state index contributed by atoms with van der Waals surface area (Å²) < 4.78 is 35.8. The Kier molecular flexibility index (Phi) is 4.10. The molecule has 1 saturated heterocycles. The fourth-order valence-electron chi connectivity index (χ4n) is 2.37. The predicted molar refractivity (Wildman–Crippen MR) is 71.3 cm³/mol. The Bertz CT molecular complexity index is 545. The zero-order valence-corrected chi connectivity index (χ0v) is 11.6. The van der Waals surface area contributed by atoms with Crippen molar-refractivity contribution in [3.8, 4) is 5.75 Å². The molecule has 0 spiro atoms. The third kappa shape index (κ3) is 3.67. The van der Waals surface area contributed by atoms with E-state index in [0.29, 0.717) is 18.4 Å². The molecule has 1 aromatic carbocycles. The summed E-state index contributed by atoms with van der Waals surface area (Å²) >= 11 is 0. The predicted octanol–water partition coefficient (Wildman–Crippen LogP) is 1.76. The third-order valence-electron chi connectivity index (χ3n) is 3.50. The summed E-state index contributed by atoms with van der Waals surface area (Å²) in [5.74, 6) is 0.0245. The lowest BCUT2D eigenvalue weighted by molar-refractivity contribution is 0.401. The number of phenolic OH excluding ortho intramolecular Hbond substituents is 1. The molecule has 1 fully saturated rings. The minimum Gasteiger partial charge on any atom is -0.508 e. The van der Waals surface area contributed by atoms with Gasteiger partial charge >= 0.3 is 0 Å². The van der Waals surface area contributed by atoms with Crippen LogP contribution in [0.1, 0.15) is 31.4 Å². The van der Waals surface area contributed by atoms with Crippen molar-refractivity contribution in [2.75, 3.05) is 11.5 Å². The van der Waals surface area contributed by atoms with Crippen LogP contribution in [0.15, 0.2) is 18.2 Å². The first-order chi connectivity index (χ1) is 8.87. The van der Waals surface area contributed by atoms with Gasteiger partial charge in [0, 0.05) is 17.6 Å². The molecule has 1 atom stereocenters. The van der Waals surface area contributed by atoms with Crippen LogP contribution in [0.25, 0.3) is 0 Å². The van der Waals surface area contributed by atoms with E-state index in [4.69, 9.17) is 0 Å². The van der Waals surface area contributed by atoms with Gasteiger partial charge in [-0.1, -0.05) is 0 Å². The van der Waals surface area contributed by atoms with E-state index >= 15 is 0 Å². The molecule has 2 N–H and O–H groups in total. The fraction of sp³-hybridized carbons (Fsp3) is 0.538. The second-order valence-electron chi connectivity index (χ2n) is 5.02. The van der Waals surface area contributed by atoms with Crippen molar-refractivity contribution in [2.24, 2.45) is 0 Å². The van der Waals surface area contributed by atoms with Crippen LogP contribution in [-0.2, 0) is 9.84 Å². The van der Waals surface area contributed by atoms with Crippen molar-refractivity contribution < 1.29 is 17.9 Å². The van der Waals surface area contributed by atoms with Crippen LogP contribution in [0.5, 0.6) is 5.75 Å². The van der Waals surface area contributed by atoms with E-state index in [-0.39, 0.29) is 29.3 Å². The topological polar surface area (TPSA) is 66.4 Å². The van der Waals surface area contributed by atoms with Crippen LogP contribution in [-0.4, -0.2) is 31.1 Å². The Morgan fingerprint density at radius 2 is 2.00 bits per heavy atom. The maximum Gasteiger partial charge on any atom is 0.150 e. The molecule has 0 aromatic heterocycles. The van der Waals surface area contributed by atoms with Crippen LogP contribution in [0.2, 0.25) is 0 Å². The molecule has 2 rings (SSSR count). The third-order valence-corrected chi connectivity index (χ3v) is 5.21. The standard InChI is InChI=1S/C13H18FNO3S/c1-9(12-8-10(14)2-3-13(12)16)15-11-4-6-19(17,18)7-5-11/h2-3,8-9,11,15-16H,4-7H2,1H3. The summed E-state index contributed by atoms with van der Waals surface area (Å²) in [6.45, 7) is 1.83. The van der Waals surface area contributed by atoms with Gasteiger partial charge in [0.25, 0.3) is 0 Å². The summed E-state index contributed by atoms with van der Waals surface area (Å²) in [7, 11) is -2.88. The Hall–Kier alpha value is -1.14. The molecule has 19 heavy (non-hydrogen) atoms. The molecule has 106 valence electrons. The number of phenols is 1. The monoisotopic (exact) mass is 287 g/mol. The lowest BCUT2D eigenvalue weighted by atomic mass is 10.0. The lowest BCUT2D eigenvalue weighted by Gasteiger charge is -2.27.